The van der Waals surface area contributed by atoms with Gasteiger partial charge in [-0.25, -0.2) is 4.79 Å². The minimum Gasteiger partial charge on any atom is -0.480 e. The third-order valence-corrected chi connectivity index (χ3v) is 5.01. The number of carboxylic acids is 2. The summed E-state index contributed by atoms with van der Waals surface area (Å²) in [5.41, 5.74) is 1.65. The van der Waals surface area contributed by atoms with Crippen molar-refractivity contribution in [2.45, 2.75) is 13.0 Å². The number of rotatable bonds is 5. The van der Waals surface area contributed by atoms with Crippen LogP contribution in [0, 0.1) is 0 Å². The molecule has 7 nitrogen and oxygen atoms in total. The first-order chi connectivity index (χ1) is 11.9. The van der Waals surface area contributed by atoms with E-state index in [9.17, 15) is 19.8 Å². The van der Waals surface area contributed by atoms with E-state index in [2.05, 4.69) is 11.8 Å². The summed E-state index contributed by atoms with van der Waals surface area (Å²) in [6.45, 7) is 6.10. The minimum atomic E-state index is -1.01. The van der Waals surface area contributed by atoms with Gasteiger partial charge in [0.05, 0.1) is 5.56 Å². The third kappa shape index (κ3) is 3.25. The highest BCUT2D eigenvalue weighted by atomic mass is 16.4. The predicted molar refractivity (Wildman–Crippen MR) is 93.9 cm³/mol. The topological polar surface area (TPSA) is 86.0 Å². The second kappa shape index (κ2) is 6.85. The quantitative estimate of drug-likeness (QED) is 0.857. The number of carbonyl (C=O) groups is 2. The molecule has 0 amide bonds. The molecule has 1 saturated heterocycles. The Labute approximate surface area is 146 Å². The van der Waals surface area contributed by atoms with Gasteiger partial charge in [-0.2, -0.15) is 0 Å². The molecule has 2 heterocycles. The molecule has 1 aliphatic heterocycles. The molecule has 134 valence electrons. The molecule has 2 aromatic rings. The van der Waals surface area contributed by atoms with Gasteiger partial charge in [-0.3, -0.25) is 9.69 Å². The van der Waals surface area contributed by atoms with Gasteiger partial charge in [0.15, 0.2) is 0 Å². The molecule has 1 aromatic heterocycles. The van der Waals surface area contributed by atoms with E-state index in [1.807, 2.05) is 16.5 Å². The van der Waals surface area contributed by atoms with Crippen molar-refractivity contribution in [2.24, 2.45) is 7.05 Å². The molecule has 0 spiro atoms. The number of likely N-dealkylation sites (N-methyl/N-ethyl adjacent to an activating group) is 1. The van der Waals surface area contributed by atoms with E-state index in [1.54, 1.807) is 24.4 Å². The van der Waals surface area contributed by atoms with Gasteiger partial charge < -0.3 is 19.7 Å². The van der Waals surface area contributed by atoms with Crippen LogP contribution in [0.3, 0.4) is 0 Å². The molecule has 25 heavy (non-hydrogen) atoms. The molecule has 1 fully saturated rings. The van der Waals surface area contributed by atoms with Crippen molar-refractivity contribution in [3.05, 3.63) is 35.5 Å². The van der Waals surface area contributed by atoms with Gasteiger partial charge in [0, 0.05) is 55.9 Å². The average molecular weight is 345 g/mol. The SMILES string of the molecule is CCN1CCN(C(C(=O)O)c2cn(C)c3ccc(C(=O)O)cc23)CC1. The number of hydrogen-bond donors (Lipinski definition) is 2. The number of aliphatic carboxylic acids is 1. The number of nitrogens with zero attached hydrogens (tertiary/aromatic N) is 3. The molecule has 0 aliphatic carbocycles. The van der Waals surface area contributed by atoms with E-state index in [-0.39, 0.29) is 5.56 Å². The van der Waals surface area contributed by atoms with Crippen molar-refractivity contribution < 1.29 is 19.8 Å². The summed E-state index contributed by atoms with van der Waals surface area (Å²) in [4.78, 5) is 27.6. The van der Waals surface area contributed by atoms with Crippen LogP contribution in [0.4, 0.5) is 0 Å². The Morgan fingerprint density at radius 1 is 1.16 bits per heavy atom. The standard InChI is InChI=1S/C18H23N3O4/c1-3-20-6-8-21(9-7-20)16(18(24)25)14-11-19(2)15-5-4-12(17(22)23)10-13(14)15/h4-5,10-11,16H,3,6-9H2,1-2H3,(H,22,23)(H,24,25). The lowest BCUT2D eigenvalue weighted by Crippen LogP contribution is -2.49. The molecule has 0 saturated carbocycles. The van der Waals surface area contributed by atoms with Gasteiger partial charge >= 0.3 is 11.9 Å². The van der Waals surface area contributed by atoms with E-state index in [0.29, 0.717) is 24.0 Å². The molecule has 1 unspecified atom stereocenters. The van der Waals surface area contributed by atoms with Gasteiger partial charge in [-0.05, 0) is 24.7 Å². The van der Waals surface area contributed by atoms with Gasteiger partial charge in [-0.1, -0.05) is 6.92 Å². The highest BCUT2D eigenvalue weighted by Gasteiger charge is 2.32. The fourth-order valence-corrected chi connectivity index (χ4v) is 3.60. The fraction of sp³-hybridized carbons (Fsp3) is 0.444. The summed E-state index contributed by atoms with van der Waals surface area (Å²) in [7, 11) is 1.85. The predicted octanol–water partition coefficient (Wildman–Crippen LogP) is 1.64. The average Bonchev–Trinajstić information content (AvgIpc) is 2.91. The van der Waals surface area contributed by atoms with Gasteiger partial charge in [0.25, 0.3) is 0 Å². The Balaban J connectivity index is 2.03. The summed E-state index contributed by atoms with van der Waals surface area (Å²) < 4.78 is 1.86. The maximum absolute atomic E-state index is 12.0. The van der Waals surface area contributed by atoms with Crippen LogP contribution in [-0.4, -0.2) is 69.2 Å². The maximum atomic E-state index is 12.0. The van der Waals surface area contributed by atoms with Crippen molar-refractivity contribution in [3.63, 3.8) is 0 Å². The number of aryl methyl sites for hydroxylation is 1. The molecule has 1 aromatic carbocycles. The molecule has 1 aliphatic rings. The molecule has 7 heteroatoms. The lowest BCUT2D eigenvalue weighted by atomic mass is 10.0. The number of carboxylic acid groups (broad SMARTS) is 2. The van der Waals surface area contributed by atoms with E-state index < -0.39 is 18.0 Å². The largest absolute Gasteiger partial charge is 0.480 e. The Morgan fingerprint density at radius 3 is 2.40 bits per heavy atom. The van der Waals surface area contributed by atoms with Crippen molar-refractivity contribution in [1.29, 1.82) is 0 Å². The van der Waals surface area contributed by atoms with Crippen LogP contribution in [-0.2, 0) is 11.8 Å². The highest BCUT2D eigenvalue weighted by molar-refractivity contribution is 5.96. The second-order valence-electron chi connectivity index (χ2n) is 6.44. The molecule has 0 radical (unpaired) electrons. The summed E-state index contributed by atoms with van der Waals surface area (Å²) >= 11 is 0. The maximum Gasteiger partial charge on any atom is 0.335 e. The summed E-state index contributed by atoms with van der Waals surface area (Å²) in [6, 6.07) is 4.08. The monoisotopic (exact) mass is 345 g/mol. The zero-order valence-electron chi connectivity index (χ0n) is 14.5. The van der Waals surface area contributed by atoms with Crippen LogP contribution in [0.2, 0.25) is 0 Å². The van der Waals surface area contributed by atoms with Crippen LogP contribution in [0.1, 0.15) is 28.9 Å². The van der Waals surface area contributed by atoms with Crippen LogP contribution in [0.15, 0.2) is 24.4 Å². The van der Waals surface area contributed by atoms with E-state index in [4.69, 9.17) is 0 Å². The Hall–Kier alpha value is -2.38. The summed E-state index contributed by atoms with van der Waals surface area (Å²) in [5, 5.41) is 19.8. The van der Waals surface area contributed by atoms with Crippen LogP contribution in [0.25, 0.3) is 10.9 Å². The number of benzene rings is 1. The first-order valence-electron chi connectivity index (χ1n) is 8.43. The summed E-state index contributed by atoms with van der Waals surface area (Å²) in [6.07, 6.45) is 1.81. The molecule has 3 rings (SSSR count). The van der Waals surface area contributed by atoms with Crippen molar-refractivity contribution in [1.82, 2.24) is 14.4 Å². The number of piperazine rings is 1. The van der Waals surface area contributed by atoms with E-state index >= 15 is 0 Å². The first-order valence-corrected chi connectivity index (χ1v) is 8.43. The van der Waals surface area contributed by atoms with E-state index in [0.717, 1.165) is 25.2 Å². The number of fused-ring (bicyclic) bond motifs is 1. The lowest BCUT2D eigenvalue weighted by molar-refractivity contribution is -0.144. The first kappa shape index (κ1) is 17.4. The molecule has 2 N–H and O–H groups in total. The zero-order chi connectivity index (χ0) is 18.1. The number of aromatic carboxylic acids is 1. The summed E-state index contributed by atoms with van der Waals surface area (Å²) in [5.74, 6) is -1.92. The second-order valence-corrected chi connectivity index (χ2v) is 6.44. The minimum absolute atomic E-state index is 0.167. The molecular formula is C18H23N3O4. The zero-order valence-corrected chi connectivity index (χ0v) is 14.5. The Bertz CT molecular complexity index is 806. The van der Waals surface area contributed by atoms with Crippen molar-refractivity contribution in [2.75, 3.05) is 32.7 Å². The van der Waals surface area contributed by atoms with Gasteiger partial charge in [0.1, 0.15) is 6.04 Å². The van der Waals surface area contributed by atoms with Crippen molar-refractivity contribution in [3.8, 4) is 0 Å². The molecule has 1 atom stereocenters. The smallest absolute Gasteiger partial charge is 0.335 e. The van der Waals surface area contributed by atoms with Crippen molar-refractivity contribution >= 4 is 22.8 Å². The van der Waals surface area contributed by atoms with Crippen LogP contribution >= 0.6 is 0 Å². The highest BCUT2D eigenvalue weighted by Crippen LogP contribution is 2.31. The van der Waals surface area contributed by atoms with Crippen LogP contribution in [0.5, 0.6) is 0 Å². The number of aromatic nitrogens is 1. The molecule has 0 bridgehead atoms. The van der Waals surface area contributed by atoms with E-state index in [1.165, 1.54) is 0 Å². The number of hydrogen-bond acceptors (Lipinski definition) is 4. The van der Waals surface area contributed by atoms with Gasteiger partial charge in [-0.15, -0.1) is 0 Å². The fourth-order valence-electron chi connectivity index (χ4n) is 3.60. The Kier molecular flexibility index (Phi) is 4.78. The Morgan fingerprint density at radius 2 is 1.84 bits per heavy atom. The third-order valence-electron chi connectivity index (χ3n) is 5.01. The normalized spacial score (nSPS) is 17.7. The van der Waals surface area contributed by atoms with Gasteiger partial charge in [0.2, 0.25) is 0 Å². The van der Waals surface area contributed by atoms with Crippen LogP contribution < -0.4 is 0 Å². The molecular weight excluding hydrogens is 322 g/mol. The lowest BCUT2D eigenvalue weighted by Gasteiger charge is -2.37.